The zero-order chi connectivity index (χ0) is 23.9. The summed E-state index contributed by atoms with van der Waals surface area (Å²) >= 11 is 1.15. The Bertz CT molecular complexity index is 1090. The predicted molar refractivity (Wildman–Crippen MR) is 107 cm³/mol. The largest absolute Gasteiger partial charge is 0.416 e. The lowest BCUT2D eigenvalue weighted by Crippen LogP contribution is -2.51. The molecule has 4 rings (SSSR count). The van der Waals surface area contributed by atoms with E-state index in [2.05, 4.69) is 20.4 Å². The number of hydrogen-bond donors (Lipinski definition) is 1. The molecule has 0 bridgehead atoms. The van der Waals surface area contributed by atoms with Crippen LogP contribution in [-0.4, -0.2) is 44.8 Å². The molecule has 2 aromatic heterocycles. The number of alkyl halides is 6. The van der Waals surface area contributed by atoms with E-state index in [1.165, 1.54) is 0 Å². The zero-order valence-corrected chi connectivity index (χ0v) is 17.7. The maximum Gasteiger partial charge on any atom is 0.416 e. The van der Waals surface area contributed by atoms with E-state index in [4.69, 9.17) is 5.11 Å². The first-order valence-electron chi connectivity index (χ1n) is 9.80. The average Bonchev–Trinajstić information content (AvgIpc) is 3.27. The molecule has 0 atom stereocenters. The van der Waals surface area contributed by atoms with Crippen molar-refractivity contribution < 1.29 is 31.4 Å². The van der Waals surface area contributed by atoms with Crippen LogP contribution in [0.25, 0.3) is 10.7 Å². The summed E-state index contributed by atoms with van der Waals surface area (Å²) in [6.07, 6.45) is -9.91. The molecule has 33 heavy (non-hydrogen) atoms. The molecule has 3 aromatic rings. The number of halogens is 6. The van der Waals surface area contributed by atoms with Crippen molar-refractivity contribution in [3.8, 4) is 10.7 Å². The standard InChI is InChI=1S/C20H17F6N5OS/c21-19(22,23)13-3-1-12(2-4-13)18(20(24,25)26)7-9-31(10-8-18)15-6-5-14(27-28-15)17-30-29-16(11-32)33-17/h1-6,32H,7-11H2. The fraction of sp³-hybridized carbons (Fsp3) is 0.400. The van der Waals surface area contributed by atoms with Crippen LogP contribution in [0.1, 0.15) is 29.0 Å². The third kappa shape index (κ3) is 4.51. The Balaban J connectivity index is 1.52. The summed E-state index contributed by atoms with van der Waals surface area (Å²) in [5, 5.41) is 25.8. The van der Waals surface area contributed by atoms with Gasteiger partial charge >= 0.3 is 12.4 Å². The van der Waals surface area contributed by atoms with Gasteiger partial charge in [0.15, 0.2) is 10.8 Å². The molecular formula is C20H17F6N5OS. The summed E-state index contributed by atoms with van der Waals surface area (Å²) in [6, 6.07) is 6.45. The molecule has 176 valence electrons. The topological polar surface area (TPSA) is 75.0 Å². The SMILES string of the molecule is OCc1nnc(-c2ccc(N3CCC(c4ccc(C(F)(F)F)cc4)(C(F)(F)F)CC3)nn2)s1. The van der Waals surface area contributed by atoms with Crippen molar-refractivity contribution in [1.82, 2.24) is 20.4 Å². The van der Waals surface area contributed by atoms with Gasteiger partial charge in [0, 0.05) is 13.1 Å². The van der Waals surface area contributed by atoms with Crippen molar-refractivity contribution in [2.45, 2.75) is 37.2 Å². The smallest absolute Gasteiger partial charge is 0.389 e. The molecule has 3 heterocycles. The first kappa shape index (κ1) is 23.4. The highest BCUT2D eigenvalue weighted by Crippen LogP contribution is 2.49. The minimum atomic E-state index is -4.63. The van der Waals surface area contributed by atoms with E-state index in [1.54, 1.807) is 17.0 Å². The summed E-state index contributed by atoms with van der Waals surface area (Å²) in [5.41, 5.74) is -2.99. The van der Waals surface area contributed by atoms with Gasteiger partial charge in [0.1, 0.15) is 10.7 Å². The van der Waals surface area contributed by atoms with E-state index in [1.807, 2.05) is 0 Å². The van der Waals surface area contributed by atoms with Crippen LogP contribution in [0, 0.1) is 0 Å². The van der Waals surface area contributed by atoms with Crippen LogP contribution in [-0.2, 0) is 18.2 Å². The molecule has 0 unspecified atom stereocenters. The lowest BCUT2D eigenvalue weighted by molar-refractivity contribution is -0.196. The number of piperidine rings is 1. The Kier molecular flexibility index (Phi) is 6.03. The van der Waals surface area contributed by atoms with E-state index in [0.29, 0.717) is 33.7 Å². The van der Waals surface area contributed by atoms with Crippen molar-refractivity contribution in [2.75, 3.05) is 18.0 Å². The highest BCUT2D eigenvalue weighted by Gasteiger charge is 2.56. The summed E-state index contributed by atoms with van der Waals surface area (Å²) < 4.78 is 80.8. The number of aliphatic hydroxyl groups excluding tert-OH is 1. The van der Waals surface area contributed by atoms with Gasteiger partial charge in [0.2, 0.25) is 0 Å². The number of hydrogen-bond acceptors (Lipinski definition) is 7. The van der Waals surface area contributed by atoms with Gasteiger partial charge in [-0.2, -0.15) is 26.3 Å². The molecule has 13 heteroatoms. The second kappa shape index (κ2) is 8.52. The Morgan fingerprint density at radius 2 is 1.55 bits per heavy atom. The lowest BCUT2D eigenvalue weighted by Gasteiger charge is -2.43. The van der Waals surface area contributed by atoms with Crippen LogP contribution in [0.4, 0.5) is 32.2 Å². The van der Waals surface area contributed by atoms with Gasteiger partial charge in [-0.3, -0.25) is 0 Å². The van der Waals surface area contributed by atoms with Crippen molar-refractivity contribution in [3.63, 3.8) is 0 Å². The first-order chi connectivity index (χ1) is 15.5. The van der Waals surface area contributed by atoms with Crippen LogP contribution >= 0.6 is 11.3 Å². The molecule has 1 fully saturated rings. The highest BCUT2D eigenvalue weighted by atomic mass is 32.1. The minimum absolute atomic E-state index is 0.00201. The molecule has 0 saturated carbocycles. The van der Waals surface area contributed by atoms with Crippen LogP contribution in [0.3, 0.4) is 0 Å². The Morgan fingerprint density at radius 1 is 0.879 bits per heavy atom. The number of anilines is 1. The van der Waals surface area contributed by atoms with E-state index in [0.717, 1.165) is 23.5 Å². The van der Waals surface area contributed by atoms with Crippen LogP contribution in [0.2, 0.25) is 0 Å². The summed E-state index contributed by atoms with van der Waals surface area (Å²) in [6.45, 7) is -0.249. The fourth-order valence-electron chi connectivity index (χ4n) is 3.86. The number of nitrogens with zero attached hydrogens (tertiary/aromatic N) is 5. The van der Waals surface area contributed by atoms with Gasteiger partial charge in [-0.05, 0) is 42.7 Å². The molecule has 1 N–H and O–H groups in total. The second-order valence-electron chi connectivity index (χ2n) is 7.58. The summed E-state index contributed by atoms with van der Waals surface area (Å²) in [5.74, 6) is 0.383. The van der Waals surface area contributed by atoms with E-state index >= 15 is 0 Å². The number of rotatable bonds is 4. The first-order valence-corrected chi connectivity index (χ1v) is 10.6. The fourth-order valence-corrected chi connectivity index (χ4v) is 4.53. The third-order valence-electron chi connectivity index (χ3n) is 5.72. The monoisotopic (exact) mass is 489 g/mol. The Morgan fingerprint density at radius 3 is 2.03 bits per heavy atom. The predicted octanol–water partition coefficient (Wildman–Crippen LogP) is 4.61. The number of benzene rings is 1. The van der Waals surface area contributed by atoms with Gasteiger partial charge in [-0.25, -0.2) is 0 Å². The maximum absolute atomic E-state index is 14.1. The average molecular weight is 489 g/mol. The van der Waals surface area contributed by atoms with Crippen LogP contribution in [0.5, 0.6) is 0 Å². The second-order valence-corrected chi connectivity index (χ2v) is 8.64. The molecule has 0 spiro atoms. The van der Waals surface area contributed by atoms with Crippen LogP contribution < -0.4 is 4.90 Å². The van der Waals surface area contributed by atoms with Gasteiger partial charge < -0.3 is 10.0 Å². The minimum Gasteiger partial charge on any atom is -0.389 e. The summed E-state index contributed by atoms with van der Waals surface area (Å²) in [7, 11) is 0. The Hall–Kier alpha value is -2.80. The molecule has 0 aliphatic carbocycles. The molecule has 0 radical (unpaired) electrons. The lowest BCUT2D eigenvalue weighted by atomic mass is 9.72. The Labute approximate surface area is 187 Å². The number of aliphatic hydroxyl groups is 1. The van der Waals surface area contributed by atoms with Crippen LogP contribution in [0.15, 0.2) is 36.4 Å². The van der Waals surface area contributed by atoms with E-state index in [-0.39, 0.29) is 38.1 Å². The molecular weight excluding hydrogens is 472 g/mol. The quantitative estimate of drug-likeness (QED) is 0.540. The van der Waals surface area contributed by atoms with Crippen molar-refractivity contribution in [1.29, 1.82) is 0 Å². The van der Waals surface area contributed by atoms with Crippen molar-refractivity contribution >= 4 is 17.2 Å². The van der Waals surface area contributed by atoms with Crippen molar-refractivity contribution in [3.05, 3.63) is 52.5 Å². The molecule has 1 aromatic carbocycles. The van der Waals surface area contributed by atoms with Gasteiger partial charge in [0.25, 0.3) is 0 Å². The molecule has 1 saturated heterocycles. The van der Waals surface area contributed by atoms with Gasteiger partial charge in [-0.15, -0.1) is 20.4 Å². The molecule has 6 nitrogen and oxygen atoms in total. The third-order valence-corrected chi connectivity index (χ3v) is 6.65. The van der Waals surface area contributed by atoms with Gasteiger partial charge in [-0.1, -0.05) is 23.5 Å². The number of aromatic nitrogens is 4. The van der Waals surface area contributed by atoms with Crippen molar-refractivity contribution in [2.24, 2.45) is 0 Å². The zero-order valence-electron chi connectivity index (χ0n) is 16.9. The van der Waals surface area contributed by atoms with E-state index < -0.39 is 23.3 Å². The summed E-state index contributed by atoms with van der Waals surface area (Å²) in [4.78, 5) is 1.66. The molecule has 1 aliphatic heterocycles. The van der Waals surface area contributed by atoms with Gasteiger partial charge in [0.05, 0.1) is 17.6 Å². The van der Waals surface area contributed by atoms with E-state index in [9.17, 15) is 26.3 Å². The molecule has 0 amide bonds. The highest BCUT2D eigenvalue weighted by molar-refractivity contribution is 7.14. The molecule has 1 aliphatic rings. The maximum atomic E-state index is 14.1. The normalized spacial score (nSPS) is 16.8.